The van der Waals surface area contributed by atoms with Crippen LogP contribution in [0.4, 0.5) is 0 Å². The topological polar surface area (TPSA) is 0 Å². The highest BCUT2D eigenvalue weighted by atomic mass is 35.5. The van der Waals surface area contributed by atoms with Crippen LogP contribution in [0.5, 0.6) is 0 Å². The van der Waals surface area contributed by atoms with Crippen LogP contribution in [0.3, 0.4) is 0 Å². The summed E-state index contributed by atoms with van der Waals surface area (Å²) in [6, 6.07) is 0. The Labute approximate surface area is 55.2 Å². The summed E-state index contributed by atoms with van der Waals surface area (Å²) in [5.41, 5.74) is 0. The summed E-state index contributed by atoms with van der Waals surface area (Å²) in [6.07, 6.45) is 3.41. The molecule has 1 aliphatic rings. The number of rotatable bonds is 0. The van der Waals surface area contributed by atoms with Gasteiger partial charge in [-0.3, -0.25) is 0 Å². The summed E-state index contributed by atoms with van der Waals surface area (Å²) < 4.78 is 0. The minimum absolute atomic E-state index is 0.116. The molecule has 44 valence electrons. The third-order valence-corrected chi connectivity index (χ3v) is 1.97. The van der Waals surface area contributed by atoms with E-state index in [-0.39, 0.29) is 4.87 Å². The van der Waals surface area contributed by atoms with Crippen LogP contribution in [0, 0.1) is 11.8 Å². The van der Waals surface area contributed by atoms with E-state index in [4.69, 9.17) is 11.6 Å². The van der Waals surface area contributed by atoms with Crippen molar-refractivity contribution in [3.05, 3.63) is 0 Å². The monoisotopic (exact) mass is 128 g/mol. The van der Waals surface area contributed by atoms with Crippen LogP contribution in [-0.2, 0) is 0 Å². The first-order chi connectivity index (χ1) is 3.77. The molecule has 0 aromatic heterocycles. The Hall–Kier alpha value is -0.150. The Balaban J connectivity index is 2.49. The zero-order valence-corrected chi connectivity index (χ0v) is 5.76. The van der Waals surface area contributed by atoms with E-state index in [1.54, 1.807) is 0 Å². The lowest BCUT2D eigenvalue weighted by atomic mass is 9.85. The van der Waals surface area contributed by atoms with Crippen molar-refractivity contribution in [3.8, 4) is 11.8 Å². The Morgan fingerprint density at radius 1 is 1.50 bits per heavy atom. The van der Waals surface area contributed by atoms with Crippen LogP contribution in [0.1, 0.15) is 26.2 Å². The van der Waals surface area contributed by atoms with Gasteiger partial charge in [-0.1, -0.05) is 5.92 Å². The molecule has 1 aliphatic carbocycles. The quantitative estimate of drug-likeness (QED) is 0.347. The fourth-order valence-corrected chi connectivity index (χ4v) is 1.20. The molecule has 0 aromatic rings. The molecule has 0 spiro atoms. The van der Waals surface area contributed by atoms with Crippen molar-refractivity contribution in [3.63, 3.8) is 0 Å². The Morgan fingerprint density at radius 3 is 2.25 bits per heavy atom. The van der Waals surface area contributed by atoms with Crippen molar-refractivity contribution in [2.45, 2.75) is 31.1 Å². The average Bonchev–Trinajstić information content (AvgIpc) is 1.64. The van der Waals surface area contributed by atoms with Crippen LogP contribution in [-0.4, -0.2) is 4.87 Å². The second-order valence-electron chi connectivity index (χ2n) is 2.19. The number of hydrogen-bond donors (Lipinski definition) is 0. The lowest BCUT2D eigenvalue weighted by molar-refractivity contribution is 0.435. The van der Waals surface area contributed by atoms with Crippen LogP contribution in [0.2, 0.25) is 0 Å². The van der Waals surface area contributed by atoms with Gasteiger partial charge in [0.25, 0.3) is 0 Å². The molecule has 1 rings (SSSR count). The Bertz CT molecular complexity index is 134. The summed E-state index contributed by atoms with van der Waals surface area (Å²) in [5.74, 6) is 5.80. The van der Waals surface area contributed by atoms with E-state index in [0.717, 1.165) is 12.8 Å². The highest BCUT2D eigenvalue weighted by molar-refractivity contribution is 6.26. The minimum Gasteiger partial charge on any atom is -0.105 e. The molecule has 1 fully saturated rings. The van der Waals surface area contributed by atoms with Crippen molar-refractivity contribution in [2.24, 2.45) is 0 Å². The molecule has 0 bridgehead atoms. The minimum atomic E-state index is -0.116. The van der Waals surface area contributed by atoms with Crippen molar-refractivity contribution < 1.29 is 0 Å². The van der Waals surface area contributed by atoms with E-state index in [1.165, 1.54) is 6.42 Å². The maximum absolute atomic E-state index is 5.93. The van der Waals surface area contributed by atoms with Gasteiger partial charge in [-0.2, -0.15) is 0 Å². The van der Waals surface area contributed by atoms with Gasteiger partial charge in [-0.25, -0.2) is 0 Å². The van der Waals surface area contributed by atoms with Crippen LogP contribution < -0.4 is 0 Å². The van der Waals surface area contributed by atoms with Gasteiger partial charge in [-0.05, 0) is 26.2 Å². The van der Waals surface area contributed by atoms with Gasteiger partial charge >= 0.3 is 0 Å². The standard InChI is InChI=1S/C7H9Cl/c1-2-4-7(8)5-3-6-7/h3,5-6H2,1H3. The molecule has 0 unspecified atom stereocenters. The first kappa shape index (κ1) is 5.98. The van der Waals surface area contributed by atoms with Gasteiger partial charge < -0.3 is 0 Å². The SMILES string of the molecule is CC#CC1(Cl)CCC1. The molecule has 0 aliphatic heterocycles. The lowest BCUT2D eigenvalue weighted by Gasteiger charge is -2.29. The number of alkyl halides is 1. The maximum Gasteiger partial charge on any atom is 0.105 e. The fourth-order valence-electron chi connectivity index (χ4n) is 0.836. The van der Waals surface area contributed by atoms with Gasteiger partial charge in [-0.15, -0.1) is 17.5 Å². The molecule has 0 atom stereocenters. The molecule has 0 heterocycles. The van der Waals surface area contributed by atoms with Gasteiger partial charge in [0.2, 0.25) is 0 Å². The van der Waals surface area contributed by atoms with E-state index in [1.807, 2.05) is 6.92 Å². The Morgan fingerprint density at radius 2 is 2.12 bits per heavy atom. The Kier molecular flexibility index (Phi) is 1.49. The van der Waals surface area contributed by atoms with Crippen molar-refractivity contribution >= 4 is 11.6 Å². The second kappa shape index (κ2) is 1.99. The number of hydrogen-bond acceptors (Lipinski definition) is 0. The number of halogens is 1. The summed E-state index contributed by atoms with van der Waals surface area (Å²) in [6.45, 7) is 1.84. The molecule has 0 saturated heterocycles. The van der Waals surface area contributed by atoms with E-state index >= 15 is 0 Å². The fraction of sp³-hybridized carbons (Fsp3) is 0.714. The summed E-state index contributed by atoms with van der Waals surface area (Å²) in [5, 5.41) is 0. The molecule has 8 heavy (non-hydrogen) atoms. The highest BCUT2D eigenvalue weighted by Gasteiger charge is 2.32. The molecule has 0 N–H and O–H groups in total. The van der Waals surface area contributed by atoms with Crippen molar-refractivity contribution in [1.82, 2.24) is 0 Å². The molecule has 1 heteroatoms. The largest absolute Gasteiger partial charge is 0.105 e. The predicted octanol–water partition coefficient (Wildman–Crippen LogP) is 2.17. The van der Waals surface area contributed by atoms with E-state index < -0.39 is 0 Å². The first-order valence-corrected chi connectivity index (χ1v) is 3.27. The summed E-state index contributed by atoms with van der Waals surface area (Å²) in [7, 11) is 0. The molecular formula is C7H9Cl. The van der Waals surface area contributed by atoms with Crippen molar-refractivity contribution in [1.29, 1.82) is 0 Å². The average molecular weight is 129 g/mol. The van der Waals surface area contributed by atoms with E-state index in [2.05, 4.69) is 11.8 Å². The van der Waals surface area contributed by atoms with E-state index in [9.17, 15) is 0 Å². The van der Waals surface area contributed by atoms with Gasteiger partial charge in [0.1, 0.15) is 4.87 Å². The van der Waals surface area contributed by atoms with Crippen LogP contribution >= 0.6 is 11.6 Å². The normalized spacial score (nSPS) is 22.8. The molecule has 0 nitrogen and oxygen atoms in total. The second-order valence-corrected chi connectivity index (χ2v) is 2.92. The smallest absolute Gasteiger partial charge is 0.105 e. The van der Waals surface area contributed by atoms with Crippen LogP contribution in [0.15, 0.2) is 0 Å². The maximum atomic E-state index is 5.93. The summed E-state index contributed by atoms with van der Waals surface area (Å²) >= 11 is 5.93. The van der Waals surface area contributed by atoms with Gasteiger partial charge in [0.15, 0.2) is 0 Å². The van der Waals surface area contributed by atoms with Crippen LogP contribution in [0.25, 0.3) is 0 Å². The molecule has 0 amide bonds. The van der Waals surface area contributed by atoms with Gasteiger partial charge in [0.05, 0.1) is 0 Å². The van der Waals surface area contributed by atoms with Crippen molar-refractivity contribution in [2.75, 3.05) is 0 Å². The summed E-state index contributed by atoms with van der Waals surface area (Å²) in [4.78, 5) is -0.116. The molecule has 1 saturated carbocycles. The highest BCUT2D eigenvalue weighted by Crippen LogP contribution is 2.37. The van der Waals surface area contributed by atoms with Gasteiger partial charge in [0, 0.05) is 0 Å². The third-order valence-electron chi connectivity index (χ3n) is 1.50. The zero-order chi connectivity index (χ0) is 6.04. The molecule has 0 radical (unpaired) electrons. The first-order valence-electron chi connectivity index (χ1n) is 2.90. The lowest BCUT2D eigenvalue weighted by Crippen LogP contribution is -2.27. The molecular weight excluding hydrogens is 120 g/mol. The predicted molar refractivity (Wildman–Crippen MR) is 35.9 cm³/mol. The van der Waals surface area contributed by atoms with E-state index in [0.29, 0.717) is 0 Å². The third kappa shape index (κ3) is 0.980. The zero-order valence-electron chi connectivity index (χ0n) is 5.00. The molecule has 0 aromatic carbocycles.